The molecule has 2 heterocycles. The molecular formula is C19H19ClN4O2. The van der Waals surface area contributed by atoms with E-state index in [0.717, 1.165) is 37.4 Å². The van der Waals surface area contributed by atoms with Gasteiger partial charge in [-0.1, -0.05) is 28.9 Å². The van der Waals surface area contributed by atoms with Crippen molar-refractivity contribution in [2.45, 2.75) is 6.54 Å². The van der Waals surface area contributed by atoms with Crippen molar-refractivity contribution in [3.05, 3.63) is 59.4 Å². The van der Waals surface area contributed by atoms with Crippen molar-refractivity contribution in [3.8, 4) is 17.1 Å². The van der Waals surface area contributed by atoms with Crippen LogP contribution in [0, 0.1) is 0 Å². The minimum absolute atomic E-state index is 0.324. The third-order valence-corrected chi connectivity index (χ3v) is 4.78. The summed E-state index contributed by atoms with van der Waals surface area (Å²) in [6.07, 6.45) is 0. The van der Waals surface area contributed by atoms with E-state index in [2.05, 4.69) is 19.9 Å². The Morgan fingerprint density at radius 1 is 1.00 bits per heavy atom. The van der Waals surface area contributed by atoms with Crippen LogP contribution in [0.2, 0.25) is 5.02 Å². The van der Waals surface area contributed by atoms with Gasteiger partial charge in [-0.2, -0.15) is 4.98 Å². The highest BCUT2D eigenvalue weighted by Crippen LogP contribution is 2.27. The number of aromatic nitrogens is 2. The van der Waals surface area contributed by atoms with Crippen molar-refractivity contribution in [1.82, 2.24) is 15.0 Å². The van der Waals surface area contributed by atoms with Crippen LogP contribution in [0.5, 0.6) is 5.75 Å². The number of hydrogen-bond acceptors (Lipinski definition) is 6. The SMILES string of the molecule is Oc1ccccc1N1CCN(Cc2nc(-c3ccc(Cl)cc3)no2)CC1. The third-order valence-electron chi connectivity index (χ3n) is 4.52. The maximum atomic E-state index is 10.00. The van der Waals surface area contributed by atoms with E-state index in [1.807, 2.05) is 42.5 Å². The number of phenols is 1. The molecule has 0 amide bonds. The van der Waals surface area contributed by atoms with Gasteiger partial charge in [0.05, 0.1) is 12.2 Å². The number of benzene rings is 2. The molecule has 1 fully saturated rings. The normalized spacial score (nSPS) is 15.3. The molecule has 1 aliphatic rings. The number of anilines is 1. The highest BCUT2D eigenvalue weighted by Gasteiger charge is 2.21. The van der Waals surface area contributed by atoms with Gasteiger partial charge in [-0.25, -0.2) is 0 Å². The molecule has 0 atom stereocenters. The van der Waals surface area contributed by atoms with E-state index in [9.17, 15) is 5.11 Å². The van der Waals surface area contributed by atoms with Gasteiger partial charge in [-0.15, -0.1) is 0 Å². The molecule has 0 aliphatic carbocycles. The number of aromatic hydroxyl groups is 1. The lowest BCUT2D eigenvalue weighted by Crippen LogP contribution is -2.46. The van der Waals surface area contributed by atoms with Crippen molar-refractivity contribution in [2.24, 2.45) is 0 Å². The lowest BCUT2D eigenvalue weighted by atomic mass is 10.2. The van der Waals surface area contributed by atoms with Gasteiger partial charge in [0.25, 0.3) is 0 Å². The molecule has 134 valence electrons. The van der Waals surface area contributed by atoms with Crippen LogP contribution in [0.3, 0.4) is 0 Å². The van der Waals surface area contributed by atoms with Gasteiger partial charge in [0.15, 0.2) is 0 Å². The summed E-state index contributed by atoms with van der Waals surface area (Å²) in [6, 6.07) is 14.8. The van der Waals surface area contributed by atoms with Gasteiger partial charge in [0.2, 0.25) is 11.7 Å². The number of hydrogen-bond donors (Lipinski definition) is 1. The largest absolute Gasteiger partial charge is 0.506 e. The van der Waals surface area contributed by atoms with Crippen LogP contribution < -0.4 is 4.90 Å². The number of piperazine rings is 1. The van der Waals surface area contributed by atoms with Gasteiger partial charge in [0, 0.05) is 36.8 Å². The summed E-state index contributed by atoms with van der Waals surface area (Å²) in [6.45, 7) is 4.04. The standard InChI is InChI=1S/C19H19ClN4O2/c20-15-7-5-14(6-8-15)19-21-18(26-22-19)13-23-9-11-24(12-10-23)16-3-1-2-4-17(16)25/h1-8,25H,9-13H2. The molecule has 0 bridgehead atoms. The molecule has 1 aliphatic heterocycles. The monoisotopic (exact) mass is 370 g/mol. The average Bonchev–Trinajstić information content (AvgIpc) is 3.12. The first-order chi connectivity index (χ1) is 12.7. The molecule has 1 aromatic heterocycles. The Labute approximate surface area is 156 Å². The summed E-state index contributed by atoms with van der Waals surface area (Å²) < 4.78 is 5.39. The number of para-hydroxylation sites is 2. The molecule has 7 heteroatoms. The second-order valence-electron chi connectivity index (χ2n) is 6.27. The van der Waals surface area contributed by atoms with Crippen LogP contribution in [0.4, 0.5) is 5.69 Å². The fraction of sp³-hybridized carbons (Fsp3) is 0.263. The first-order valence-corrected chi connectivity index (χ1v) is 8.91. The zero-order valence-corrected chi connectivity index (χ0v) is 14.9. The highest BCUT2D eigenvalue weighted by atomic mass is 35.5. The van der Waals surface area contributed by atoms with Crippen LogP contribution in [0.15, 0.2) is 53.1 Å². The minimum Gasteiger partial charge on any atom is -0.506 e. The Morgan fingerprint density at radius 3 is 2.46 bits per heavy atom. The number of phenolic OH excluding ortho intramolecular Hbond substituents is 1. The maximum Gasteiger partial charge on any atom is 0.241 e. The van der Waals surface area contributed by atoms with E-state index >= 15 is 0 Å². The van der Waals surface area contributed by atoms with Crippen LogP contribution >= 0.6 is 11.6 Å². The first-order valence-electron chi connectivity index (χ1n) is 8.53. The fourth-order valence-electron chi connectivity index (χ4n) is 3.11. The predicted octanol–water partition coefficient (Wildman–Crippen LogP) is 3.42. The van der Waals surface area contributed by atoms with Gasteiger partial charge < -0.3 is 14.5 Å². The van der Waals surface area contributed by atoms with E-state index in [4.69, 9.17) is 16.1 Å². The highest BCUT2D eigenvalue weighted by molar-refractivity contribution is 6.30. The Hall–Kier alpha value is -2.57. The van der Waals surface area contributed by atoms with Crippen LogP contribution in [0.25, 0.3) is 11.4 Å². The molecular weight excluding hydrogens is 352 g/mol. The van der Waals surface area contributed by atoms with Crippen molar-refractivity contribution >= 4 is 17.3 Å². The maximum absolute atomic E-state index is 10.00. The molecule has 2 aromatic carbocycles. The van der Waals surface area contributed by atoms with Gasteiger partial charge in [0.1, 0.15) is 5.75 Å². The topological polar surface area (TPSA) is 65.6 Å². The van der Waals surface area contributed by atoms with Gasteiger partial charge in [-0.05, 0) is 36.4 Å². The number of halogens is 1. The summed E-state index contributed by atoms with van der Waals surface area (Å²) in [7, 11) is 0. The molecule has 0 unspecified atom stereocenters. The summed E-state index contributed by atoms with van der Waals surface area (Å²) in [5.41, 5.74) is 1.77. The molecule has 0 saturated carbocycles. The number of nitrogens with zero attached hydrogens (tertiary/aromatic N) is 4. The quantitative estimate of drug-likeness (QED) is 0.759. The van der Waals surface area contributed by atoms with Crippen molar-refractivity contribution < 1.29 is 9.63 Å². The lowest BCUT2D eigenvalue weighted by Gasteiger charge is -2.35. The molecule has 0 radical (unpaired) electrons. The molecule has 6 nitrogen and oxygen atoms in total. The van der Waals surface area contributed by atoms with Crippen LogP contribution in [0.1, 0.15) is 5.89 Å². The lowest BCUT2D eigenvalue weighted by molar-refractivity contribution is 0.215. The summed E-state index contributed by atoms with van der Waals surface area (Å²) in [4.78, 5) is 8.95. The summed E-state index contributed by atoms with van der Waals surface area (Å²) in [5, 5.41) is 14.7. The van der Waals surface area contributed by atoms with E-state index in [1.165, 1.54) is 0 Å². The zero-order valence-electron chi connectivity index (χ0n) is 14.2. The van der Waals surface area contributed by atoms with Crippen LogP contribution in [-0.4, -0.2) is 46.3 Å². The van der Waals surface area contributed by atoms with E-state index in [0.29, 0.717) is 29.0 Å². The van der Waals surface area contributed by atoms with E-state index < -0.39 is 0 Å². The Bertz CT molecular complexity index is 873. The zero-order chi connectivity index (χ0) is 17.9. The summed E-state index contributed by atoms with van der Waals surface area (Å²) in [5.74, 6) is 1.50. The molecule has 1 saturated heterocycles. The van der Waals surface area contributed by atoms with E-state index in [-0.39, 0.29) is 0 Å². The Kier molecular flexibility index (Phi) is 4.77. The van der Waals surface area contributed by atoms with Crippen molar-refractivity contribution in [3.63, 3.8) is 0 Å². The Balaban J connectivity index is 1.36. The predicted molar refractivity (Wildman–Crippen MR) is 100 cm³/mol. The molecule has 1 N–H and O–H groups in total. The average molecular weight is 371 g/mol. The second-order valence-corrected chi connectivity index (χ2v) is 6.71. The van der Waals surface area contributed by atoms with Crippen LogP contribution in [-0.2, 0) is 6.54 Å². The molecule has 4 rings (SSSR count). The number of rotatable bonds is 4. The Morgan fingerprint density at radius 2 is 1.73 bits per heavy atom. The third kappa shape index (κ3) is 3.66. The smallest absolute Gasteiger partial charge is 0.241 e. The second kappa shape index (κ2) is 7.35. The van der Waals surface area contributed by atoms with Crippen molar-refractivity contribution in [2.75, 3.05) is 31.1 Å². The molecule has 26 heavy (non-hydrogen) atoms. The first kappa shape index (κ1) is 16.9. The van der Waals surface area contributed by atoms with Gasteiger partial charge >= 0.3 is 0 Å². The van der Waals surface area contributed by atoms with E-state index in [1.54, 1.807) is 6.07 Å². The van der Waals surface area contributed by atoms with Gasteiger partial charge in [-0.3, -0.25) is 4.90 Å². The van der Waals surface area contributed by atoms with Crippen molar-refractivity contribution in [1.29, 1.82) is 0 Å². The fourth-order valence-corrected chi connectivity index (χ4v) is 3.23. The minimum atomic E-state index is 0.324. The molecule has 3 aromatic rings. The molecule has 0 spiro atoms. The summed E-state index contributed by atoms with van der Waals surface area (Å²) >= 11 is 5.91.